The molecule has 2 nitrogen and oxygen atoms in total. The van der Waals surface area contributed by atoms with Crippen LogP contribution in [-0.4, -0.2) is 19.6 Å². The number of benzene rings is 1. The molecule has 0 heterocycles. The van der Waals surface area contributed by atoms with Crippen LogP contribution in [0.2, 0.25) is 0 Å². The van der Waals surface area contributed by atoms with E-state index in [0.717, 1.165) is 13.1 Å². The molecular formula is C14H24N2. The summed E-state index contributed by atoms with van der Waals surface area (Å²) in [7, 11) is 1.98. The van der Waals surface area contributed by atoms with E-state index in [1.54, 1.807) is 0 Å². The van der Waals surface area contributed by atoms with E-state index in [2.05, 4.69) is 55.3 Å². The van der Waals surface area contributed by atoms with Gasteiger partial charge in [0.1, 0.15) is 0 Å². The van der Waals surface area contributed by atoms with Crippen LogP contribution in [0.15, 0.2) is 24.3 Å². The Kier molecular flexibility index (Phi) is 5.33. The van der Waals surface area contributed by atoms with Crippen LogP contribution in [-0.2, 0) is 6.54 Å². The maximum atomic E-state index is 3.17. The predicted octanol–water partition coefficient (Wildman–Crippen LogP) is 3.03. The fraction of sp³-hybridized carbons (Fsp3) is 0.571. The van der Waals surface area contributed by atoms with Gasteiger partial charge in [0, 0.05) is 24.8 Å². The zero-order valence-electron chi connectivity index (χ0n) is 11.0. The number of anilines is 1. The van der Waals surface area contributed by atoms with E-state index in [9.17, 15) is 0 Å². The van der Waals surface area contributed by atoms with Crippen molar-refractivity contribution < 1.29 is 0 Å². The lowest BCUT2D eigenvalue weighted by atomic mass is 10.1. The summed E-state index contributed by atoms with van der Waals surface area (Å²) in [5, 5.41) is 3.17. The van der Waals surface area contributed by atoms with Crippen molar-refractivity contribution in [2.45, 2.75) is 39.8 Å². The molecule has 0 aromatic heterocycles. The van der Waals surface area contributed by atoms with Crippen LogP contribution in [0.5, 0.6) is 0 Å². The number of nitrogens with one attached hydrogen (secondary N) is 1. The average molecular weight is 220 g/mol. The third kappa shape index (κ3) is 3.53. The molecule has 0 aliphatic carbocycles. The summed E-state index contributed by atoms with van der Waals surface area (Å²) in [5.74, 6) is 0. The van der Waals surface area contributed by atoms with Crippen molar-refractivity contribution >= 4 is 5.69 Å². The molecule has 1 aromatic carbocycles. The molecule has 0 radical (unpaired) electrons. The molecule has 0 spiro atoms. The summed E-state index contributed by atoms with van der Waals surface area (Å²) < 4.78 is 0. The second-order valence-electron chi connectivity index (χ2n) is 4.48. The summed E-state index contributed by atoms with van der Waals surface area (Å²) in [6.07, 6.45) is 1.19. The van der Waals surface area contributed by atoms with Gasteiger partial charge in [-0.05, 0) is 45.0 Å². The van der Waals surface area contributed by atoms with E-state index in [1.165, 1.54) is 17.7 Å². The van der Waals surface area contributed by atoms with Crippen LogP contribution in [0.3, 0.4) is 0 Å². The Hall–Kier alpha value is -1.02. The molecule has 1 N–H and O–H groups in total. The molecule has 0 saturated carbocycles. The Balaban J connectivity index is 2.77. The van der Waals surface area contributed by atoms with Crippen molar-refractivity contribution in [2.75, 3.05) is 18.5 Å². The third-order valence-corrected chi connectivity index (χ3v) is 2.74. The van der Waals surface area contributed by atoms with Gasteiger partial charge in [-0.3, -0.25) is 0 Å². The lowest BCUT2D eigenvalue weighted by molar-refractivity contribution is 0.671. The van der Waals surface area contributed by atoms with Crippen molar-refractivity contribution in [2.24, 2.45) is 0 Å². The second-order valence-corrected chi connectivity index (χ2v) is 4.48. The summed E-state index contributed by atoms with van der Waals surface area (Å²) in [6.45, 7) is 8.79. The molecule has 0 aliphatic heterocycles. The van der Waals surface area contributed by atoms with E-state index in [-0.39, 0.29) is 0 Å². The van der Waals surface area contributed by atoms with Crippen LogP contribution in [0, 0.1) is 0 Å². The Bertz CT molecular complexity index is 290. The van der Waals surface area contributed by atoms with Gasteiger partial charge < -0.3 is 10.2 Å². The highest BCUT2D eigenvalue weighted by Gasteiger charge is 2.08. The van der Waals surface area contributed by atoms with E-state index >= 15 is 0 Å². The molecule has 0 bridgehead atoms. The standard InChI is InChI=1S/C14H24N2/c1-5-10-16(12(2)3)14-8-6-13(7-9-14)11-15-4/h6-9,12,15H,5,10-11H2,1-4H3. The number of rotatable bonds is 6. The normalized spacial score (nSPS) is 10.8. The quantitative estimate of drug-likeness (QED) is 0.792. The number of hydrogen-bond acceptors (Lipinski definition) is 2. The SMILES string of the molecule is CCCN(c1ccc(CNC)cc1)C(C)C. The Morgan fingerprint density at radius 1 is 1.19 bits per heavy atom. The van der Waals surface area contributed by atoms with E-state index in [4.69, 9.17) is 0 Å². The molecule has 90 valence electrons. The van der Waals surface area contributed by atoms with Crippen molar-refractivity contribution in [1.82, 2.24) is 5.32 Å². The molecule has 0 amide bonds. The Morgan fingerprint density at radius 2 is 1.81 bits per heavy atom. The van der Waals surface area contributed by atoms with Gasteiger partial charge in [-0.15, -0.1) is 0 Å². The smallest absolute Gasteiger partial charge is 0.0368 e. The minimum absolute atomic E-state index is 0.565. The van der Waals surface area contributed by atoms with Crippen molar-refractivity contribution in [3.05, 3.63) is 29.8 Å². The molecule has 1 rings (SSSR count). The number of nitrogens with zero attached hydrogens (tertiary/aromatic N) is 1. The van der Waals surface area contributed by atoms with Gasteiger partial charge in [0.25, 0.3) is 0 Å². The Morgan fingerprint density at radius 3 is 2.25 bits per heavy atom. The van der Waals surface area contributed by atoms with Crippen LogP contribution < -0.4 is 10.2 Å². The molecule has 1 aromatic rings. The van der Waals surface area contributed by atoms with Crippen LogP contribution in [0.25, 0.3) is 0 Å². The van der Waals surface area contributed by atoms with Crippen molar-refractivity contribution in [3.8, 4) is 0 Å². The van der Waals surface area contributed by atoms with Gasteiger partial charge in [-0.2, -0.15) is 0 Å². The zero-order chi connectivity index (χ0) is 12.0. The highest BCUT2D eigenvalue weighted by Crippen LogP contribution is 2.18. The predicted molar refractivity (Wildman–Crippen MR) is 72.0 cm³/mol. The first kappa shape index (κ1) is 13.0. The topological polar surface area (TPSA) is 15.3 Å². The average Bonchev–Trinajstić information content (AvgIpc) is 2.27. The monoisotopic (exact) mass is 220 g/mol. The van der Waals surface area contributed by atoms with Gasteiger partial charge in [0.2, 0.25) is 0 Å². The lowest BCUT2D eigenvalue weighted by Gasteiger charge is -2.28. The Labute approximate surface area is 99.7 Å². The van der Waals surface area contributed by atoms with E-state index < -0.39 is 0 Å². The first-order valence-electron chi connectivity index (χ1n) is 6.19. The van der Waals surface area contributed by atoms with E-state index in [1.807, 2.05) is 7.05 Å². The highest BCUT2D eigenvalue weighted by molar-refractivity contribution is 5.48. The maximum Gasteiger partial charge on any atom is 0.0368 e. The minimum atomic E-state index is 0.565. The first-order chi connectivity index (χ1) is 7.69. The molecular weight excluding hydrogens is 196 g/mol. The van der Waals surface area contributed by atoms with Crippen molar-refractivity contribution in [3.63, 3.8) is 0 Å². The summed E-state index contributed by atoms with van der Waals surface area (Å²) in [5.41, 5.74) is 2.67. The van der Waals surface area contributed by atoms with Gasteiger partial charge in [-0.1, -0.05) is 19.1 Å². The molecule has 0 atom stereocenters. The molecule has 16 heavy (non-hydrogen) atoms. The molecule has 0 saturated heterocycles. The van der Waals surface area contributed by atoms with Gasteiger partial charge in [0.05, 0.1) is 0 Å². The summed E-state index contributed by atoms with van der Waals surface area (Å²) in [4.78, 5) is 2.45. The highest BCUT2D eigenvalue weighted by atomic mass is 15.1. The molecule has 0 unspecified atom stereocenters. The fourth-order valence-corrected chi connectivity index (χ4v) is 1.94. The lowest BCUT2D eigenvalue weighted by Crippen LogP contribution is -2.31. The maximum absolute atomic E-state index is 3.17. The van der Waals surface area contributed by atoms with Crippen LogP contribution >= 0.6 is 0 Å². The molecule has 0 aliphatic rings. The number of hydrogen-bond donors (Lipinski definition) is 1. The van der Waals surface area contributed by atoms with Crippen molar-refractivity contribution in [1.29, 1.82) is 0 Å². The molecule has 0 fully saturated rings. The van der Waals surface area contributed by atoms with Crippen LogP contribution in [0.4, 0.5) is 5.69 Å². The fourth-order valence-electron chi connectivity index (χ4n) is 1.94. The van der Waals surface area contributed by atoms with Crippen LogP contribution in [0.1, 0.15) is 32.8 Å². The van der Waals surface area contributed by atoms with E-state index in [0.29, 0.717) is 6.04 Å². The molecule has 2 heteroatoms. The minimum Gasteiger partial charge on any atom is -0.369 e. The summed E-state index contributed by atoms with van der Waals surface area (Å²) >= 11 is 0. The van der Waals surface area contributed by atoms with Gasteiger partial charge in [-0.25, -0.2) is 0 Å². The van der Waals surface area contributed by atoms with Gasteiger partial charge >= 0.3 is 0 Å². The second kappa shape index (κ2) is 6.54. The van der Waals surface area contributed by atoms with Gasteiger partial charge in [0.15, 0.2) is 0 Å². The zero-order valence-corrected chi connectivity index (χ0v) is 11.0. The summed E-state index contributed by atoms with van der Waals surface area (Å²) in [6, 6.07) is 9.42. The third-order valence-electron chi connectivity index (χ3n) is 2.74. The first-order valence-corrected chi connectivity index (χ1v) is 6.19. The largest absolute Gasteiger partial charge is 0.369 e.